The summed E-state index contributed by atoms with van der Waals surface area (Å²) in [5, 5.41) is 5.43. The number of esters is 1. The number of anilines is 1. The first-order valence-corrected chi connectivity index (χ1v) is 12.7. The quantitative estimate of drug-likeness (QED) is 0.391. The van der Waals surface area contributed by atoms with Gasteiger partial charge in [0.1, 0.15) is 6.04 Å². The molecule has 0 radical (unpaired) electrons. The molecule has 0 unspecified atom stereocenters. The van der Waals surface area contributed by atoms with Gasteiger partial charge in [0, 0.05) is 15.7 Å². The van der Waals surface area contributed by atoms with Gasteiger partial charge in [-0.2, -0.15) is 11.8 Å². The van der Waals surface area contributed by atoms with Crippen LogP contribution in [0, 0.1) is 0 Å². The summed E-state index contributed by atoms with van der Waals surface area (Å²) in [4.78, 5) is 37.2. The molecule has 0 saturated heterocycles. The van der Waals surface area contributed by atoms with E-state index in [4.69, 9.17) is 4.74 Å². The van der Waals surface area contributed by atoms with Crippen LogP contribution in [0.15, 0.2) is 53.0 Å². The van der Waals surface area contributed by atoms with Crippen molar-refractivity contribution in [3.8, 4) is 0 Å². The Bertz CT molecular complexity index is 888. The molecule has 0 bridgehead atoms. The molecule has 2 rings (SSSR count). The molecule has 0 aliphatic rings. The summed E-state index contributed by atoms with van der Waals surface area (Å²) >= 11 is 4.89. The number of thioether (sulfide) groups is 1. The highest BCUT2D eigenvalue weighted by Gasteiger charge is 2.23. The fraction of sp³-hybridized carbons (Fsp3) is 0.375. The maximum Gasteiger partial charge on any atom is 0.329 e. The van der Waals surface area contributed by atoms with Crippen LogP contribution in [-0.2, 0) is 20.7 Å². The number of ether oxygens (including phenoxy) is 1. The molecule has 32 heavy (non-hydrogen) atoms. The topological polar surface area (TPSA) is 84.5 Å². The molecule has 0 aromatic heterocycles. The first kappa shape index (κ1) is 25.9. The molecular formula is C24H29BrN2O4S. The summed E-state index contributed by atoms with van der Waals surface area (Å²) in [6.07, 6.45) is 5.58. The Morgan fingerprint density at radius 2 is 1.75 bits per heavy atom. The van der Waals surface area contributed by atoms with Crippen molar-refractivity contribution in [3.05, 3.63) is 64.1 Å². The van der Waals surface area contributed by atoms with Crippen molar-refractivity contribution in [1.29, 1.82) is 0 Å². The van der Waals surface area contributed by atoms with Gasteiger partial charge in [-0.25, -0.2) is 4.79 Å². The van der Waals surface area contributed by atoms with Crippen LogP contribution in [0.25, 0.3) is 0 Å². The largest absolute Gasteiger partial charge is 0.454 e. The van der Waals surface area contributed by atoms with Crippen LogP contribution >= 0.6 is 27.7 Å². The Morgan fingerprint density at radius 3 is 2.38 bits per heavy atom. The van der Waals surface area contributed by atoms with Gasteiger partial charge in [0.15, 0.2) is 6.61 Å². The molecule has 1 atom stereocenters. The minimum Gasteiger partial charge on any atom is -0.454 e. The van der Waals surface area contributed by atoms with E-state index < -0.39 is 24.5 Å². The summed E-state index contributed by atoms with van der Waals surface area (Å²) in [6, 6.07) is 13.6. The third kappa shape index (κ3) is 9.04. The van der Waals surface area contributed by atoms with E-state index >= 15 is 0 Å². The van der Waals surface area contributed by atoms with Crippen molar-refractivity contribution in [1.82, 2.24) is 5.32 Å². The van der Waals surface area contributed by atoms with Crippen LogP contribution in [0.1, 0.15) is 42.1 Å². The number of aryl methyl sites for hydroxylation is 1. The summed E-state index contributed by atoms with van der Waals surface area (Å²) in [5.74, 6) is -0.762. The zero-order valence-electron chi connectivity index (χ0n) is 18.4. The number of hydrogen-bond acceptors (Lipinski definition) is 5. The minimum absolute atomic E-state index is 0.367. The van der Waals surface area contributed by atoms with E-state index in [0.29, 0.717) is 23.4 Å². The highest BCUT2D eigenvalue weighted by Crippen LogP contribution is 2.13. The Balaban J connectivity index is 1.87. The van der Waals surface area contributed by atoms with E-state index in [1.807, 2.05) is 30.5 Å². The zero-order valence-corrected chi connectivity index (χ0v) is 20.8. The Labute approximate surface area is 202 Å². The van der Waals surface area contributed by atoms with E-state index in [9.17, 15) is 14.4 Å². The van der Waals surface area contributed by atoms with Crippen LogP contribution in [0.4, 0.5) is 5.69 Å². The lowest BCUT2D eigenvalue weighted by Gasteiger charge is -2.17. The fourth-order valence-electron chi connectivity index (χ4n) is 2.90. The molecule has 0 spiro atoms. The number of carbonyl (C=O) groups excluding carboxylic acids is 3. The van der Waals surface area contributed by atoms with Crippen molar-refractivity contribution < 1.29 is 19.1 Å². The fourth-order valence-corrected chi connectivity index (χ4v) is 3.63. The lowest BCUT2D eigenvalue weighted by molar-refractivity contribution is -0.149. The van der Waals surface area contributed by atoms with Crippen LogP contribution in [0.2, 0.25) is 0 Å². The second-order valence-corrected chi connectivity index (χ2v) is 9.17. The summed E-state index contributed by atoms with van der Waals surface area (Å²) < 4.78 is 6.04. The maximum absolute atomic E-state index is 12.5. The van der Waals surface area contributed by atoms with Crippen molar-refractivity contribution >= 4 is 51.2 Å². The van der Waals surface area contributed by atoms with Crippen molar-refractivity contribution in [2.45, 2.75) is 38.6 Å². The van der Waals surface area contributed by atoms with Gasteiger partial charge >= 0.3 is 5.97 Å². The molecule has 0 heterocycles. The second kappa shape index (κ2) is 14.0. The average molecular weight is 521 g/mol. The lowest BCUT2D eigenvalue weighted by atomic mass is 10.1. The number of carbonyl (C=O) groups is 3. The van der Waals surface area contributed by atoms with Crippen LogP contribution in [0.3, 0.4) is 0 Å². The Hall–Kier alpha value is -2.32. The van der Waals surface area contributed by atoms with Crippen molar-refractivity contribution in [3.63, 3.8) is 0 Å². The van der Waals surface area contributed by atoms with Gasteiger partial charge in [0.2, 0.25) is 0 Å². The van der Waals surface area contributed by atoms with Crippen molar-refractivity contribution in [2.75, 3.05) is 23.9 Å². The molecule has 8 heteroatoms. The van der Waals surface area contributed by atoms with Gasteiger partial charge < -0.3 is 15.4 Å². The summed E-state index contributed by atoms with van der Waals surface area (Å²) in [6.45, 7) is 1.73. The lowest BCUT2D eigenvalue weighted by Crippen LogP contribution is -2.43. The van der Waals surface area contributed by atoms with Crippen LogP contribution < -0.4 is 10.6 Å². The van der Waals surface area contributed by atoms with Gasteiger partial charge in [0.05, 0.1) is 0 Å². The summed E-state index contributed by atoms with van der Waals surface area (Å²) in [7, 11) is 0. The number of amides is 2. The maximum atomic E-state index is 12.5. The standard InChI is InChI=1S/C24H29BrN2O4S/c1-3-4-5-17-6-12-20(13-7-17)26-22(28)16-31-24(30)21(14-15-32-2)27-23(29)18-8-10-19(25)11-9-18/h6-13,21H,3-5,14-16H2,1-2H3,(H,26,28)(H,27,29)/t21-/m0/s1. The second-order valence-electron chi connectivity index (χ2n) is 7.27. The first-order valence-electron chi connectivity index (χ1n) is 10.5. The average Bonchev–Trinajstić information content (AvgIpc) is 2.80. The molecule has 0 saturated carbocycles. The first-order chi connectivity index (χ1) is 15.4. The Kier molecular flexibility index (Phi) is 11.3. The molecule has 2 amide bonds. The third-order valence-corrected chi connectivity index (χ3v) is 5.88. The van der Waals surface area contributed by atoms with Crippen LogP contribution in [-0.4, -0.2) is 42.4 Å². The molecule has 172 valence electrons. The van der Waals surface area contributed by atoms with Gasteiger partial charge in [-0.3, -0.25) is 9.59 Å². The van der Waals surface area contributed by atoms with Gasteiger partial charge in [-0.05, 0) is 73.2 Å². The number of rotatable bonds is 12. The number of benzene rings is 2. The molecule has 2 aromatic rings. The number of hydrogen-bond donors (Lipinski definition) is 2. The molecule has 0 fully saturated rings. The number of unbranched alkanes of at least 4 members (excludes halogenated alkanes) is 1. The molecule has 2 N–H and O–H groups in total. The molecule has 6 nitrogen and oxygen atoms in total. The highest BCUT2D eigenvalue weighted by molar-refractivity contribution is 9.10. The van der Waals surface area contributed by atoms with E-state index in [0.717, 1.165) is 23.7 Å². The summed E-state index contributed by atoms with van der Waals surface area (Å²) in [5.41, 5.74) is 2.30. The third-order valence-electron chi connectivity index (χ3n) is 4.71. The Morgan fingerprint density at radius 1 is 1.06 bits per heavy atom. The zero-order chi connectivity index (χ0) is 23.3. The van der Waals surface area contributed by atoms with Gasteiger partial charge in [-0.1, -0.05) is 41.4 Å². The molecule has 0 aliphatic heterocycles. The smallest absolute Gasteiger partial charge is 0.329 e. The monoisotopic (exact) mass is 520 g/mol. The van der Waals surface area contributed by atoms with Gasteiger partial charge in [0.25, 0.3) is 11.8 Å². The molecule has 2 aromatic carbocycles. The van der Waals surface area contributed by atoms with E-state index in [2.05, 4.69) is 33.5 Å². The van der Waals surface area contributed by atoms with Gasteiger partial charge in [-0.15, -0.1) is 0 Å². The molecule has 0 aliphatic carbocycles. The molecular weight excluding hydrogens is 492 g/mol. The van der Waals surface area contributed by atoms with E-state index in [1.165, 1.54) is 5.56 Å². The SMILES string of the molecule is CCCCc1ccc(NC(=O)COC(=O)[C@H](CCSC)NC(=O)c2ccc(Br)cc2)cc1. The predicted molar refractivity (Wildman–Crippen MR) is 133 cm³/mol. The minimum atomic E-state index is -0.829. The van der Waals surface area contributed by atoms with E-state index in [-0.39, 0.29) is 5.91 Å². The van der Waals surface area contributed by atoms with Crippen LogP contribution in [0.5, 0.6) is 0 Å². The van der Waals surface area contributed by atoms with Crippen molar-refractivity contribution in [2.24, 2.45) is 0 Å². The predicted octanol–water partition coefficient (Wildman–Crippen LogP) is 4.83. The van der Waals surface area contributed by atoms with E-state index in [1.54, 1.807) is 36.0 Å². The number of halogens is 1. The number of nitrogens with one attached hydrogen (secondary N) is 2. The highest BCUT2D eigenvalue weighted by atomic mass is 79.9. The normalized spacial score (nSPS) is 11.5.